The highest BCUT2D eigenvalue weighted by Gasteiger charge is 2.13. The van der Waals surface area contributed by atoms with Gasteiger partial charge in [-0.1, -0.05) is 11.6 Å². The fourth-order valence-electron chi connectivity index (χ4n) is 2.92. The van der Waals surface area contributed by atoms with Gasteiger partial charge in [0.2, 0.25) is 0 Å². The molecule has 136 valence electrons. The number of rotatable bonds is 4. The van der Waals surface area contributed by atoms with Gasteiger partial charge in [-0.25, -0.2) is 4.98 Å². The van der Waals surface area contributed by atoms with Crippen molar-refractivity contribution in [3.05, 3.63) is 69.4 Å². The minimum absolute atomic E-state index is 0.155. The first-order valence-electron chi connectivity index (χ1n) is 8.32. The summed E-state index contributed by atoms with van der Waals surface area (Å²) < 4.78 is 1.61. The molecule has 1 aromatic carbocycles. The summed E-state index contributed by atoms with van der Waals surface area (Å²) in [5.41, 5.74) is 1.96. The molecule has 0 amide bonds. The number of aryl methyl sites for hydroxylation is 1. The molecule has 0 aliphatic rings. The Balaban J connectivity index is 1.65. The van der Waals surface area contributed by atoms with Crippen molar-refractivity contribution >= 4 is 28.3 Å². The lowest BCUT2D eigenvalue weighted by atomic mass is 10.1. The predicted octanol–water partition coefficient (Wildman–Crippen LogP) is 3.03. The van der Waals surface area contributed by atoms with Crippen LogP contribution in [0.5, 0.6) is 0 Å². The van der Waals surface area contributed by atoms with Crippen molar-refractivity contribution in [1.29, 1.82) is 0 Å². The Morgan fingerprint density at radius 2 is 2.07 bits per heavy atom. The number of H-pyrrole nitrogens is 1. The van der Waals surface area contributed by atoms with Crippen molar-refractivity contribution in [3.63, 3.8) is 0 Å². The summed E-state index contributed by atoms with van der Waals surface area (Å²) in [6.07, 6.45) is 1.66. The molecule has 0 saturated carbocycles. The van der Waals surface area contributed by atoms with Gasteiger partial charge in [-0.3, -0.25) is 4.79 Å². The predicted molar refractivity (Wildman–Crippen MR) is 103 cm³/mol. The van der Waals surface area contributed by atoms with E-state index in [9.17, 15) is 4.79 Å². The summed E-state index contributed by atoms with van der Waals surface area (Å²) in [6, 6.07) is 10.6. The number of benzene rings is 1. The molecular weight excluding hydrogens is 366 g/mol. The van der Waals surface area contributed by atoms with Crippen molar-refractivity contribution in [3.8, 4) is 5.69 Å². The lowest BCUT2D eigenvalue weighted by Gasteiger charge is -2.15. The number of nitrogens with one attached hydrogen (secondary N) is 2. The van der Waals surface area contributed by atoms with Gasteiger partial charge in [-0.15, -0.1) is 5.10 Å². The Hall–Kier alpha value is -3.26. The van der Waals surface area contributed by atoms with Gasteiger partial charge in [0.15, 0.2) is 5.82 Å². The van der Waals surface area contributed by atoms with Gasteiger partial charge >= 0.3 is 0 Å². The number of aromatic amines is 1. The maximum atomic E-state index is 12.5. The van der Waals surface area contributed by atoms with Crippen LogP contribution in [-0.4, -0.2) is 30.2 Å². The maximum Gasteiger partial charge on any atom is 0.253 e. The number of pyridine rings is 2. The van der Waals surface area contributed by atoms with Crippen LogP contribution in [0, 0.1) is 6.92 Å². The molecule has 9 heteroatoms. The molecule has 4 rings (SSSR count). The molecule has 1 atom stereocenters. The van der Waals surface area contributed by atoms with Crippen molar-refractivity contribution in [1.82, 2.24) is 30.2 Å². The van der Waals surface area contributed by atoms with E-state index < -0.39 is 0 Å². The van der Waals surface area contributed by atoms with E-state index in [0.29, 0.717) is 22.2 Å². The van der Waals surface area contributed by atoms with Crippen LogP contribution in [0.15, 0.2) is 47.4 Å². The van der Waals surface area contributed by atoms with Crippen LogP contribution < -0.4 is 10.9 Å². The second-order valence-corrected chi connectivity index (χ2v) is 6.63. The number of tetrazole rings is 1. The minimum atomic E-state index is -0.269. The number of anilines is 1. The van der Waals surface area contributed by atoms with Crippen LogP contribution in [0.1, 0.15) is 24.4 Å². The van der Waals surface area contributed by atoms with Crippen LogP contribution in [0.2, 0.25) is 5.02 Å². The van der Waals surface area contributed by atoms with Crippen LogP contribution in [0.4, 0.5) is 5.82 Å². The van der Waals surface area contributed by atoms with Crippen molar-refractivity contribution in [2.45, 2.75) is 19.9 Å². The molecule has 4 aromatic rings. The quantitative estimate of drug-likeness (QED) is 0.563. The van der Waals surface area contributed by atoms with E-state index in [-0.39, 0.29) is 11.6 Å². The molecule has 0 aliphatic carbocycles. The van der Waals surface area contributed by atoms with Gasteiger partial charge in [-0.05, 0) is 54.6 Å². The average Bonchev–Trinajstić information content (AvgIpc) is 3.07. The molecule has 2 N–H and O–H groups in total. The molecule has 0 radical (unpaired) electrons. The number of hydrogen-bond donors (Lipinski definition) is 2. The molecular formula is C18H16ClN7O. The topological polar surface area (TPSA) is 101 Å². The second-order valence-electron chi connectivity index (χ2n) is 6.19. The summed E-state index contributed by atoms with van der Waals surface area (Å²) >= 11 is 6.06. The lowest BCUT2D eigenvalue weighted by molar-refractivity contribution is 0.777. The molecule has 0 fully saturated rings. The third kappa shape index (κ3) is 3.39. The zero-order chi connectivity index (χ0) is 19.0. The third-order valence-electron chi connectivity index (χ3n) is 4.28. The van der Waals surface area contributed by atoms with Crippen molar-refractivity contribution in [2.75, 3.05) is 5.32 Å². The zero-order valence-electron chi connectivity index (χ0n) is 14.6. The number of fused-ring (bicyclic) bond motifs is 1. The van der Waals surface area contributed by atoms with E-state index in [1.165, 1.54) is 0 Å². The summed E-state index contributed by atoms with van der Waals surface area (Å²) in [6.45, 7) is 3.72. The van der Waals surface area contributed by atoms with E-state index in [0.717, 1.165) is 16.6 Å². The highest BCUT2D eigenvalue weighted by atomic mass is 35.5. The highest BCUT2D eigenvalue weighted by molar-refractivity contribution is 6.31. The fraction of sp³-hybridized carbons (Fsp3) is 0.167. The Morgan fingerprint density at radius 1 is 1.22 bits per heavy atom. The molecule has 0 saturated heterocycles. The summed E-state index contributed by atoms with van der Waals surface area (Å²) in [7, 11) is 0. The molecule has 0 bridgehead atoms. The van der Waals surface area contributed by atoms with Gasteiger partial charge in [0.1, 0.15) is 5.82 Å². The number of nitrogens with zero attached hydrogens (tertiary/aromatic N) is 5. The number of halogens is 1. The Labute approximate surface area is 159 Å². The van der Waals surface area contributed by atoms with E-state index in [1.54, 1.807) is 23.0 Å². The zero-order valence-corrected chi connectivity index (χ0v) is 15.4. The number of aromatic nitrogens is 6. The van der Waals surface area contributed by atoms with Gasteiger partial charge in [0.05, 0.1) is 11.7 Å². The molecule has 0 aliphatic heterocycles. The minimum Gasteiger partial charge on any atom is -0.363 e. The Kier molecular flexibility index (Phi) is 4.33. The second kappa shape index (κ2) is 6.81. The standard InChI is InChI=1S/C18H16ClN7O/c1-10(15-8-12-7-13(19)3-4-16(12)22-18(15)27)21-17-9-14(5-6-20-17)26-11(2)23-24-25-26/h3-10H,1-2H3,(H,20,21)(H,22,27). The third-order valence-corrected chi connectivity index (χ3v) is 4.51. The first kappa shape index (κ1) is 17.2. The first-order chi connectivity index (χ1) is 13.0. The molecule has 3 heterocycles. The molecule has 0 spiro atoms. The Morgan fingerprint density at radius 3 is 2.85 bits per heavy atom. The molecule has 1 unspecified atom stereocenters. The number of hydrogen-bond acceptors (Lipinski definition) is 6. The molecule has 27 heavy (non-hydrogen) atoms. The largest absolute Gasteiger partial charge is 0.363 e. The molecule has 3 aromatic heterocycles. The van der Waals surface area contributed by atoms with E-state index in [1.807, 2.05) is 38.1 Å². The van der Waals surface area contributed by atoms with E-state index >= 15 is 0 Å². The summed E-state index contributed by atoms with van der Waals surface area (Å²) in [5, 5.41) is 16.2. The maximum absolute atomic E-state index is 12.5. The van der Waals surface area contributed by atoms with E-state index in [4.69, 9.17) is 11.6 Å². The van der Waals surface area contributed by atoms with Crippen LogP contribution in [-0.2, 0) is 0 Å². The normalized spacial score (nSPS) is 12.3. The average molecular weight is 382 g/mol. The highest BCUT2D eigenvalue weighted by Crippen LogP contribution is 2.22. The van der Waals surface area contributed by atoms with E-state index in [2.05, 4.69) is 30.8 Å². The van der Waals surface area contributed by atoms with Crippen LogP contribution in [0.3, 0.4) is 0 Å². The molecule has 8 nitrogen and oxygen atoms in total. The van der Waals surface area contributed by atoms with Gasteiger partial charge in [0, 0.05) is 33.8 Å². The van der Waals surface area contributed by atoms with Crippen molar-refractivity contribution in [2.24, 2.45) is 0 Å². The van der Waals surface area contributed by atoms with Crippen molar-refractivity contribution < 1.29 is 0 Å². The first-order valence-corrected chi connectivity index (χ1v) is 8.69. The Bertz CT molecular complexity index is 1180. The van der Waals surface area contributed by atoms with Crippen LogP contribution in [0.25, 0.3) is 16.6 Å². The SMILES string of the molecule is Cc1nnnn1-c1ccnc(NC(C)c2cc3cc(Cl)ccc3[nH]c2=O)c1. The van der Waals surface area contributed by atoms with Gasteiger partial charge in [-0.2, -0.15) is 4.68 Å². The summed E-state index contributed by atoms with van der Waals surface area (Å²) in [5.74, 6) is 1.28. The van der Waals surface area contributed by atoms with Crippen LogP contribution >= 0.6 is 11.6 Å². The smallest absolute Gasteiger partial charge is 0.253 e. The van der Waals surface area contributed by atoms with Gasteiger partial charge < -0.3 is 10.3 Å². The lowest BCUT2D eigenvalue weighted by Crippen LogP contribution is -2.19. The fourth-order valence-corrected chi connectivity index (χ4v) is 3.10. The summed E-state index contributed by atoms with van der Waals surface area (Å²) in [4.78, 5) is 19.7. The monoisotopic (exact) mass is 381 g/mol. The van der Waals surface area contributed by atoms with Gasteiger partial charge in [0.25, 0.3) is 5.56 Å².